The van der Waals surface area contributed by atoms with Crippen molar-refractivity contribution in [3.05, 3.63) is 95.4 Å². The topological polar surface area (TPSA) is 73.1 Å². The van der Waals surface area contributed by atoms with Gasteiger partial charge in [-0.2, -0.15) is 5.10 Å². The predicted molar refractivity (Wildman–Crippen MR) is 144 cm³/mol. The van der Waals surface area contributed by atoms with Gasteiger partial charge in [-0.3, -0.25) is 0 Å². The Labute approximate surface area is 222 Å². The van der Waals surface area contributed by atoms with Gasteiger partial charge < -0.3 is 9.64 Å². The van der Waals surface area contributed by atoms with E-state index in [0.717, 1.165) is 35.4 Å². The third kappa shape index (κ3) is 5.67. The minimum absolute atomic E-state index is 0.0184. The first-order valence-corrected chi connectivity index (χ1v) is 12.8. The number of nitrogens with zero attached hydrogens (tertiary/aromatic N) is 5. The van der Waals surface area contributed by atoms with Gasteiger partial charge in [-0.15, -0.1) is 0 Å². The van der Waals surface area contributed by atoms with Crippen molar-refractivity contribution < 1.29 is 9.53 Å². The molecule has 0 N–H and O–H groups in total. The average molecular weight is 516 g/mol. The lowest BCUT2D eigenvalue weighted by atomic mass is 9.87. The highest BCUT2D eigenvalue weighted by Gasteiger charge is 2.37. The molecule has 2 aromatic carbocycles. The molecule has 7 nitrogen and oxygen atoms in total. The first kappa shape index (κ1) is 25.0. The van der Waals surface area contributed by atoms with Gasteiger partial charge in [-0.25, -0.2) is 19.4 Å². The number of halogens is 1. The van der Waals surface area contributed by atoms with E-state index in [2.05, 4.69) is 28.2 Å². The summed E-state index contributed by atoms with van der Waals surface area (Å²) in [5.41, 5.74) is 3.22. The third-order valence-corrected chi connectivity index (χ3v) is 6.68. The molecular formula is C29H30ClN5O2. The van der Waals surface area contributed by atoms with Gasteiger partial charge in [0.25, 0.3) is 5.95 Å². The van der Waals surface area contributed by atoms with Gasteiger partial charge in [0.15, 0.2) is 0 Å². The van der Waals surface area contributed by atoms with Crippen molar-refractivity contribution in [3.63, 3.8) is 0 Å². The molecule has 0 spiro atoms. The molecule has 37 heavy (non-hydrogen) atoms. The van der Waals surface area contributed by atoms with Crippen LogP contribution in [0.2, 0.25) is 5.02 Å². The molecule has 8 heteroatoms. The van der Waals surface area contributed by atoms with Crippen LogP contribution in [0.3, 0.4) is 0 Å². The highest BCUT2D eigenvalue weighted by atomic mass is 35.5. The Morgan fingerprint density at radius 2 is 1.68 bits per heavy atom. The average Bonchev–Trinajstić information content (AvgIpc) is 3.34. The fourth-order valence-corrected chi connectivity index (χ4v) is 4.89. The van der Waals surface area contributed by atoms with Gasteiger partial charge >= 0.3 is 6.09 Å². The smallest absolute Gasteiger partial charge is 0.410 e. The van der Waals surface area contributed by atoms with E-state index < -0.39 is 5.60 Å². The Hall–Kier alpha value is -3.71. The maximum absolute atomic E-state index is 13.4. The Bertz CT molecular complexity index is 1350. The van der Waals surface area contributed by atoms with Crippen LogP contribution in [-0.4, -0.2) is 42.9 Å². The number of rotatable bonds is 4. The monoisotopic (exact) mass is 515 g/mol. The van der Waals surface area contributed by atoms with E-state index in [9.17, 15) is 4.79 Å². The Balaban J connectivity index is 1.53. The Morgan fingerprint density at radius 3 is 2.35 bits per heavy atom. The number of hydrogen-bond donors (Lipinski definition) is 0. The minimum Gasteiger partial charge on any atom is -0.444 e. The van der Waals surface area contributed by atoms with E-state index >= 15 is 0 Å². The van der Waals surface area contributed by atoms with Crippen molar-refractivity contribution in [1.82, 2.24) is 24.6 Å². The molecule has 1 fully saturated rings. The molecule has 1 amide bonds. The van der Waals surface area contributed by atoms with Crippen LogP contribution in [0.1, 0.15) is 56.8 Å². The summed E-state index contributed by atoms with van der Waals surface area (Å²) in [5.74, 6) is 0.511. The van der Waals surface area contributed by atoms with E-state index in [4.69, 9.17) is 21.4 Å². The molecule has 0 aliphatic carbocycles. The molecule has 190 valence electrons. The van der Waals surface area contributed by atoms with Crippen molar-refractivity contribution >= 4 is 17.7 Å². The summed E-state index contributed by atoms with van der Waals surface area (Å²) < 4.78 is 7.64. The highest BCUT2D eigenvalue weighted by molar-refractivity contribution is 6.30. The molecule has 0 saturated carbocycles. The number of carbonyl (C=O) groups excluding carboxylic acids is 1. The largest absolute Gasteiger partial charge is 0.444 e. The number of likely N-dealkylation sites (tertiary alicyclic amines) is 1. The highest BCUT2D eigenvalue weighted by Crippen LogP contribution is 2.40. The second-order valence-corrected chi connectivity index (χ2v) is 10.7. The number of piperidine rings is 1. The SMILES string of the molecule is CC(C)(C)OC(=O)N1C[C@@H](c2cc(-c3ccc(Cl)cc3)nn2-c2ncccn2)CC[C@@H]1c1ccccc1. The summed E-state index contributed by atoms with van der Waals surface area (Å²) in [5, 5.41) is 5.54. The number of aromatic nitrogens is 4. The summed E-state index contributed by atoms with van der Waals surface area (Å²) in [7, 11) is 0. The first-order valence-electron chi connectivity index (χ1n) is 12.5. The van der Waals surface area contributed by atoms with Gasteiger partial charge in [-0.1, -0.05) is 54.1 Å². The maximum atomic E-state index is 13.4. The van der Waals surface area contributed by atoms with Gasteiger partial charge in [0, 0.05) is 35.4 Å². The third-order valence-electron chi connectivity index (χ3n) is 6.43. The molecule has 0 unspecified atom stereocenters. The van der Waals surface area contributed by atoms with Gasteiger partial charge in [0.1, 0.15) is 5.60 Å². The number of benzene rings is 2. The summed E-state index contributed by atoms with van der Waals surface area (Å²) >= 11 is 6.11. The molecular weight excluding hydrogens is 486 g/mol. The molecule has 2 atom stereocenters. The Kier molecular flexibility index (Phi) is 6.98. The van der Waals surface area contributed by atoms with Crippen LogP contribution in [0.15, 0.2) is 79.1 Å². The lowest BCUT2D eigenvalue weighted by Gasteiger charge is -2.40. The van der Waals surface area contributed by atoms with Crippen molar-refractivity contribution in [2.45, 2.75) is 51.2 Å². The maximum Gasteiger partial charge on any atom is 0.410 e. The van der Waals surface area contributed by atoms with Gasteiger partial charge in [0.05, 0.1) is 17.4 Å². The predicted octanol–water partition coefficient (Wildman–Crippen LogP) is 6.84. The normalized spacial score (nSPS) is 18.0. The molecule has 3 heterocycles. The zero-order valence-electron chi connectivity index (χ0n) is 21.2. The summed E-state index contributed by atoms with van der Waals surface area (Å²) in [6.45, 7) is 6.17. The zero-order chi connectivity index (χ0) is 26.0. The molecule has 4 aromatic rings. The molecule has 2 aromatic heterocycles. The van der Waals surface area contributed by atoms with Crippen molar-refractivity contribution in [3.8, 4) is 17.2 Å². The number of ether oxygens (including phenoxy) is 1. The van der Waals surface area contributed by atoms with Crippen LogP contribution in [0.5, 0.6) is 0 Å². The fourth-order valence-electron chi connectivity index (χ4n) is 4.77. The molecule has 0 bridgehead atoms. The first-order chi connectivity index (χ1) is 17.8. The van der Waals surface area contributed by atoms with Crippen molar-refractivity contribution in [2.24, 2.45) is 0 Å². The second kappa shape index (κ2) is 10.3. The lowest BCUT2D eigenvalue weighted by molar-refractivity contribution is 0.00673. The summed E-state index contributed by atoms with van der Waals surface area (Å²) in [6.07, 6.45) is 4.76. The number of amides is 1. The van der Waals surface area contributed by atoms with Crippen LogP contribution in [0, 0.1) is 0 Å². The van der Waals surface area contributed by atoms with Crippen LogP contribution in [-0.2, 0) is 4.74 Å². The van der Waals surface area contributed by atoms with Crippen LogP contribution < -0.4 is 0 Å². The second-order valence-electron chi connectivity index (χ2n) is 10.3. The molecule has 5 rings (SSSR count). The number of hydrogen-bond acceptors (Lipinski definition) is 5. The van der Waals surface area contributed by atoms with E-state index in [1.165, 1.54) is 0 Å². The minimum atomic E-state index is -0.591. The summed E-state index contributed by atoms with van der Waals surface area (Å²) in [6, 6.07) is 21.5. The zero-order valence-corrected chi connectivity index (χ0v) is 22.0. The van der Waals surface area contributed by atoms with E-state index in [1.54, 1.807) is 23.1 Å². The quantitative estimate of drug-likeness (QED) is 0.297. The fraction of sp³-hybridized carbons (Fsp3) is 0.310. The van der Waals surface area contributed by atoms with Crippen molar-refractivity contribution in [1.29, 1.82) is 0 Å². The number of carbonyl (C=O) groups is 1. The van der Waals surface area contributed by atoms with Crippen LogP contribution in [0.4, 0.5) is 4.79 Å². The molecule has 1 aliphatic rings. The van der Waals surface area contributed by atoms with E-state index in [1.807, 2.05) is 68.1 Å². The Morgan fingerprint density at radius 1 is 0.973 bits per heavy atom. The molecule has 0 radical (unpaired) electrons. The lowest BCUT2D eigenvalue weighted by Crippen LogP contribution is -2.44. The standard InChI is InChI=1S/C29H30ClN5O2/c1-29(2,3)37-28(36)34-19-22(12-15-25(34)21-8-5-4-6-9-21)26-18-24(20-10-13-23(30)14-11-20)33-35(26)27-31-16-7-17-32-27/h4-11,13-14,16-18,22,25H,12,15,19H2,1-3H3/t22-,25+/m0/s1. The van der Waals surface area contributed by atoms with Crippen LogP contribution >= 0.6 is 11.6 Å². The van der Waals surface area contributed by atoms with Crippen molar-refractivity contribution in [2.75, 3.05) is 6.54 Å². The molecule has 1 aliphatic heterocycles. The van der Waals surface area contributed by atoms with Gasteiger partial charge in [-0.05, 0) is 63.4 Å². The van der Waals surface area contributed by atoms with Crippen LogP contribution in [0.25, 0.3) is 17.2 Å². The molecule has 1 saturated heterocycles. The van der Waals surface area contributed by atoms with E-state index in [0.29, 0.717) is 17.5 Å². The summed E-state index contributed by atoms with van der Waals surface area (Å²) in [4.78, 5) is 24.2. The van der Waals surface area contributed by atoms with E-state index in [-0.39, 0.29) is 18.1 Å². The van der Waals surface area contributed by atoms with Gasteiger partial charge in [0.2, 0.25) is 0 Å².